The number of hydrogen-bond acceptors (Lipinski definition) is 3. The van der Waals surface area contributed by atoms with Crippen LogP contribution in [0.2, 0.25) is 0 Å². The van der Waals surface area contributed by atoms with Crippen molar-refractivity contribution in [3.05, 3.63) is 61.6 Å². The van der Waals surface area contributed by atoms with Gasteiger partial charge in [-0.3, -0.25) is 0 Å². The number of nitrogens with one attached hydrogen (secondary N) is 2. The summed E-state index contributed by atoms with van der Waals surface area (Å²) < 4.78 is 0. The van der Waals surface area contributed by atoms with Gasteiger partial charge in [-0.1, -0.05) is 38.8 Å². The topological polar surface area (TPSA) is 62.4 Å². The summed E-state index contributed by atoms with van der Waals surface area (Å²) in [5.41, 5.74) is 9.70. The number of nitrogens with zero attached hydrogens (tertiary/aromatic N) is 1. The van der Waals surface area contributed by atoms with Gasteiger partial charge in [0.25, 0.3) is 0 Å². The molecule has 1 unspecified atom stereocenters. The van der Waals surface area contributed by atoms with E-state index in [1.54, 1.807) is 12.4 Å². The molecule has 118 valence electrons. The van der Waals surface area contributed by atoms with Crippen LogP contribution in [0.5, 0.6) is 0 Å². The molecule has 1 aromatic rings. The number of aliphatic imine (C=N–C) groups is 1. The van der Waals surface area contributed by atoms with Crippen LogP contribution in [0.25, 0.3) is 0 Å². The highest BCUT2D eigenvalue weighted by atomic mass is 15.0. The summed E-state index contributed by atoms with van der Waals surface area (Å²) in [5, 5.41) is 6.00. The van der Waals surface area contributed by atoms with Crippen LogP contribution in [0.1, 0.15) is 38.2 Å². The molecule has 0 heterocycles. The summed E-state index contributed by atoms with van der Waals surface area (Å²) in [5.74, 6) is 1.08. The summed E-state index contributed by atoms with van der Waals surface area (Å²) in [6.07, 6.45) is 5.08. The maximum absolute atomic E-state index is 6.10. The average Bonchev–Trinajstić information content (AvgIpc) is 2.47. The van der Waals surface area contributed by atoms with Crippen molar-refractivity contribution >= 4 is 17.2 Å². The Kier molecular flexibility index (Phi) is 6.96. The van der Waals surface area contributed by atoms with Crippen molar-refractivity contribution in [2.45, 2.75) is 32.6 Å². The Hall–Kier alpha value is -2.49. The number of benzene rings is 1. The van der Waals surface area contributed by atoms with Crippen LogP contribution in [0.3, 0.4) is 0 Å². The molecule has 0 aliphatic rings. The standard InChI is InChI=1S/C18H26N4/c1-6-20-14(4)12-11-13(3)16-9-8-10-17(19)18(16)22-15(5)21-7-2/h6-10,13,20H,1-2,4,11-12,19H2,3,5H3,(H,21,22). The van der Waals surface area contributed by atoms with Gasteiger partial charge in [0.2, 0.25) is 0 Å². The maximum atomic E-state index is 6.10. The number of nitrogen functional groups attached to an aromatic ring is 1. The quantitative estimate of drug-likeness (QED) is 0.383. The van der Waals surface area contributed by atoms with Crippen molar-refractivity contribution < 1.29 is 0 Å². The normalized spacial score (nSPS) is 12.4. The first-order valence-corrected chi connectivity index (χ1v) is 7.36. The van der Waals surface area contributed by atoms with Crippen LogP contribution in [-0.4, -0.2) is 5.84 Å². The molecule has 0 spiro atoms. The lowest BCUT2D eigenvalue weighted by Crippen LogP contribution is -2.12. The Balaban J connectivity index is 2.96. The fraction of sp³-hybridized carbons (Fsp3) is 0.278. The molecule has 4 heteroatoms. The van der Waals surface area contributed by atoms with E-state index in [9.17, 15) is 0 Å². The summed E-state index contributed by atoms with van der Waals surface area (Å²) in [6.45, 7) is 15.3. The van der Waals surface area contributed by atoms with Crippen LogP contribution >= 0.6 is 0 Å². The molecule has 0 radical (unpaired) electrons. The molecule has 4 nitrogen and oxygen atoms in total. The third-order valence-corrected chi connectivity index (χ3v) is 3.41. The van der Waals surface area contributed by atoms with Gasteiger partial charge in [-0.15, -0.1) is 0 Å². The predicted molar refractivity (Wildman–Crippen MR) is 97.1 cm³/mol. The highest BCUT2D eigenvalue weighted by molar-refractivity contribution is 5.86. The molecule has 1 rings (SSSR count). The second-order valence-corrected chi connectivity index (χ2v) is 5.22. The predicted octanol–water partition coefficient (Wildman–Crippen LogP) is 4.18. The molecule has 1 atom stereocenters. The largest absolute Gasteiger partial charge is 0.397 e. The average molecular weight is 298 g/mol. The zero-order chi connectivity index (χ0) is 16.5. The number of nitrogens with two attached hydrogens (primary N) is 1. The summed E-state index contributed by atoms with van der Waals surface area (Å²) in [6, 6.07) is 5.91. The minimum absolute atomic E-state index is 0.321. The first-order chi connectivity index (χ1) is 10.5. The van der Waals surface area contributed by atoms with Crippen LogP contribution < -0.4 is 16.4 Å². The zero-order valence-corrected chi connectivity index (χ0v) is 13.5. The summed E-state index contributed by atoms with van der Waals surface area (Å²) in [4.78, 5) is 4.59. The van der Waals surface area contributed by atoms with Crippen molar-refractivity contribution in [3.8, 4) is 0 Å². The van der Waals surface area contributed by atoms with Crippen LogP contribution in [0.15, 0.2) is 61.0 Å². The second-order valence-electron chi connectivity index (χ2n) is 5.22. The van der Waals surface area contributed by atoms with Crippen LogP contribution in [0.4, 0.5) is 11.4 Å². The Morgan fingerprint density at radius 1 is 1.32 bits per heavy atom. The van der Waals surface area contributed by atoms with Crippen molar-refractivity contribution in [3.63, 3.8) is 0 Å². The van der Waals surface area contributed by atoms with Crippen molar-refractivity contribution in [2.75, 3.05) is 5.73 Å². The van der Waals surface area contributed by atoms with Gasteiger partial charge < -0.3 is 16.4 Å². The fourth-order valence-corrected chi connectivity index (χ4v) is 2.22. The van der Waals surface area contributed by atoms with Gasteiger partial charge in [0.05, 0.1) is 11.4 Å². The maximum Gasteiger partial charge on any atom is 0.103 e. The molecule has 0 aliphatic heterocycles. The van der Waals surface area contributed by atoms with E-state index in [0.717, 1.165) is 35.6 Å². The van der Waals surface area contributed by atoms with E-state index in [0.29, 0.717) is 11.6 Å². The zero-order valence-electron chi connectivity index (χ0n) is 13.5. The van der Waals surface area contributed by atoms with Gasteiger partial charge in [0, 0.05) is 5.70 Å². The lowest BCUT2D eigenvalue weighted by molar-refractivity contribution is 0.663. The number of anilines is 1. The van der Waals surface area contributed by atoms with Gasteiger partial charge in [-0.2, -0.15) is 0 Å². The number of amidine groups is 1. The number of rotatable bonds is 8. The lowest BCUT2D eigenvalue weighted by Gasteiger charge is -2.17. The summed E-state index contributed by atoms with van der Waals surface area (Å²) >= 11 is 0. The van der Waals surface area contributed by atoms with Crippen LogP contribution in [0, 0.1) is 0 Å². The molecule has 0 aliphatic carbocycles. The van der Waals surface area contributed by atoms with Gasteiger partial charge in [0.1, 0.15) is 5.84 Å². The van der Waals surface area contributed by atoms with E-state index in [-0.39, 0.29) is 0 Å². The van der Waals surface area contributed by atoms with E-state index in [1.807, 2.05) is 19.1 Å². The number of allylic oxidation sites excluding steroid dienone is 1. The van der Waals surface area contributed by atoms with Gasteiger partial charge >= 0.3 is 0 Å². The van der Waals surface area contributed by atoms with Gasteiger partial charge in [-0.05, 0) is 49.7 Å². The molecular formula is C18H26N4. The Morgan fingerprint density at radius 2 is 2.00 bits per heavy atom. The van der Waals surface area contributed by atoms with Gasteiger partial charge in [0.15, 0.2) is 0 Å². The molecule has 22 heavy (non-hydrogen) atoms. The van der Waals surface area contributed by atoms with E-state index >= 15 is 0 Å². The highest BCUT2D eigenvalue weighted by Crippen LogP contribution is 2.34. The molecule has 0 saturated carbocycles. The Labute approximate surface area is 133 Å². The highest BCUT2D eigenvalue weighted by Gasteiger charge is 2.13. The van der Waals surface area contributed by atoms with E-state index in [4.69, 9.17) is 5.73 Å². The monoisotopic (exact) mass is 298 g/mol. The molecule has 0 aromatic heterocycles. The number of hydrogen-bond donors (Lipinski definition) is 3. The van der Waals surface area contributed by atoms with Crippen molar-refractivity contribution in [1.82, 2.24) is 10.6 Å². The van der Waals surface area contributed by atoms with Gasteiger partial charge in [-0.25, -0.2) is 4.99 Å². The second kappa shape index (κ2) is 8.72. The van der Waals surface area contributed by atoms with Crippen LogP contribution in [-0.2, 0) is 0 Å². The SMILES string of the molecule is C=CNC(=C)CCC(C)c1cccc(N)c1/N=C(/C)NC=C. The first kappa shape index (κ1) is 17.6. The third kappa shape index (κ3) is 5.13. The molecule has 0 fully saturated rings. The first-order valence-electron chi connectivity index (χ1n) is 7.36. The molecule has 0 bridgehead atoms. The van der Waals surface area contributed by atoms with E-state index in [1.165, 1.54) is 0 Å². The molecule has 1 aromatic carbocycles. The van der Waals surface area contributed by atoms with E-state index in [2.05, 4.69) is 48.4 Å². The van der Waals surface area contributed by atoms with Crippen molar-refractivity contribution in [1.29, 1.82) is 0 Å². The lowest BCUT2D eigenvalue weighted by atomic mass is 9.93. The van der Waals surface area contributed by atoms with E-state index < -0.39 is 0 Å². The molecule has 0 saturated heterocycles. The summed E-state index contributed by atoms with van der Waals surface area (Å²) in [7, 11) is 0. The fourth-order valence-electron chi connectivity index (χ4n) is 2.22. The minimum Gasteiger partial charge on any atom is -0.397 e. The number of para-hydroxylation sites is 1. The third-order valence-electron chi connectivity index (χ3n) is 3.41. The minimum atomic E-state index is 0.321. The Morgan fingerprint density at radius 3 is 2.64 bits per heavy atom. The Bertz CT molecular complexity index is 572. The van der Waals surface area contributed by atoms with Crippen molar-refractivity contribution in [2.24, 2.45) is 4.99 Å². The molecule has 0 amide bonds. The molecular weight excluding hydrogens is 272 g/mol. The smallest absolute Gasteiger partial charge is 0.103 e. The molecule has 4 N–H and O–H groups in total.